The Morgan fingerprint density at radius 3 is 2.77 bits per heavy atom. The molecule has 120 valence electrons. The number of amides is 2. The SMILES string of the molecule is CCN(C(=O)N/C=C/c1ccccc1Br)C1CCS(=O)(=O)C1. The summed E-state index contributed by atoms with van der Waals surface area (Å²) in [5.41, 5.74) is 0.953. The third-order valence-corrected chi connectivity index (χ3v) is 6.10. The minimum atomic E-state index is -3.00. The van der Waals surface area contributed by atoms with Gasteiger partial charge in [-0.15, -0.1) is 0 Å². The average molecular weight is 387 g/mol. The third kappa shape index (κ3) is 4.33. The molecule has 1 saturated heterocycles. The minimum Gasteiger partial charge on any atom is -0.321 e. The Morgan fingerprint density at radius 2 is 2.18 bits per heavy atom. The summed E-state index contributed by atoms with van der Waals surface area (Å²) < 4.78 is 24.0. The first kappa shape index (κ1) is 17.0. The van der Waals surface area contributed by atoms with Crippen LogP contribution in [0.2, 0.25) is 0 Å². The number of carbonyl (C=O) groups excluding carboxylic acids is 1. The fourth-order valence-electron chi connectivity index (χ4n) is 2.48. The molecule has 1 aromatic carbocycles. The zero-order chi connectivity index (χ0) is 16.2. The molecule has 5 nitrogen and oxygen atoms in total. The lowest BCUT2D eigenvalue weighted by Gasteiger charge is -2.26. The second-order valence-corrected chi connectivity index (χ2v) is 8.23. The highest BCUT2D eigenvalue weighted by molar-refractivity contribution is 9.10. The predicted molar refractivity (Wildman–Crippen MR) is 91.1 cm³/mol. The van der Waals surface area contributed by atoms with E-state index in [0.29, 0.717) is 13.0 Å². The number of rotatable bonds is 4. The Balaban J connectivity index is 1.97. The highest BCUT2D eigenvalue weighted by atomic mass is 79.9. The summed E-state index contributed by atoms with van der Waals surface area (Å²) >= 11 is 3.43. The smallest absolute Gasteiger partial charge is 0.321 e. The molecule has 1 aliphatic heterocycles. The van der Waals surface area contributed by atoms with E-state index in [1.54, 1.807) is 17.2 Å². The maximum Gasteiger partial charge on any atom is 0.321 e. The molecule has 22 heavy (non-hydrogen) atoms. The van der Waals surface area contributed by atoms with Gasteiger partial charge >= 0.3 is 6.03 Å². The predicted octanol–water partition coefficient (Wildman–Crippen LogP) is 2.64. The summed E-state index contributed by atoms with van der Waals surface area (Å²) in [5, 5.41) is 2.70. The highest BCUT2D eigenvalue weighted by Gasteiger charge is 2.33. The van der Waals surface area contributed by atoms with Gasteiger partial charge < -0.3 is 10.2 Å². The van der Waals surface area contributed by atoms with E-state index in [0.717, 1.165) is 10.0 Å². The molecule has 1 aromatic rings. The van der Waals surface area contributed by atoms with Gasteiger partial charge in [0, 0.05) is 23.3 Å². The molecule has 2 rings (SSSR count). The lowest BCUT2D eigenvalue weighted by atomic mass is 10.2. The van der Waals surface area contributed by atoms with Gasteiger partial charge in [-0.25, -0.2) is 13.2 Å². The molecule has 7 heteroatoms. The molecule has 0 bridgehead atoms. The van der Waals surface area contributed by atoms with Crippen LogP contribution in [0.1, 0.15) is 18.9 Å². The summed E-state index contributed by atoms with van der Waals surface area (Å²) in [6.45, 7) is 2.33. The molecule has 2 amide bonds. The van der Waals surface area contributed by atoms with Crippen LogP contribution in [-0.2, 0) is 9.84 Å². The first-order chi connectivity index (χ1) is 10.4. The van der Waals surface area contributed by atoms with E-state index in [1.165, 1.54) is 0 Å². The summed E-state index contributed by atoms with van der Waals surface area (Å²) in [6.07, 6.45) is 3.88. The van der Waals surface area contributed by atoms with Crippen molar-refractivity contribution in [2.24, 2.45) is 0 Å². The molecule has 0 aliphatic carbocycles. The van der Waals surface area contributed by atoms with Crippen molar-refractivity contribution in [3.05, 3.63) is 40.5 Å². The van der Waals surface area contributed by atoms with Gasteiger partial charge in [-0.1, -0.05) is 34.1 Å². The maximum absolute atomic E-state index is 12.2. The monoisotopic (exact) mass is 386 g/mol. The molecule has 1 atom stereocenters. The Hall–Kier alpha value is -1.34. The van der Waals surface area contributed by atoms with Crippen LogP contribution in [0.4, 0.5) is 4.79 Å². The van der Waals surface area contributed by atoms with E-state index in [2.05, 4.69) is 21.2 Å². The molecular formula is C15H19BrN2O3S. The van der Waals surface area contributed by atoms with Crippen molar-refractivity contribution in [2.45, 2.75) is 19.4 Å². The lowest BCUT2D eigenvalue weighted by Crippen LogP contribution is -2.45. The average Bonchev–Trinajstić information content (AvgIpc) is 2.82. The minimum absolute atomic E-state index is 0.0577. The molecular weight excluding hydrogens is 368 g/mol. The van der Waals surface area contributed by atoms with E-state index in [1.807, 2.05) is 31.2 Å². The van der Waals surface area contributed by atoms with Crippen LogP contribution in [0.3, 0.4) is 0 Å². The quantitative estimate of drug-likeness (QED) is 0.864. The van der Waals surface area contributed by atoms with Crippen molar-refractivity contribution >= 4 is 37.9 Å². The third-order valence-electron chi connectivity index (χ3n) is 3.63. The Morgan fingerprint density at radius 1 is 1.45 bits per heavy atom. The van der Waals surface area contributed by atoms with E-state index in [9.17, 15) is 13.2 Å². The Bertz CT molecular complexity index is 673. The number of benzene rings is 1. The topological polar surface area (TPSA) is 66.5 Å². The molecule has 1 fully saturated rings. The van der Waals surface area contributed by atoms with Crippen LogP contribution < -0.4 is 5.32 Å². The fraction of sp³-hybridized carbons (Fsp3) is 0.400. The first-order valence-electron chi connectivity index (χ1n) is 7.11. The second-order valence-electron chi connectivity index (χ2n) is 5.15. The number of carbonyl (C=O) groups is 1. The Kier molecular flexibility index (Phi) is 5.63. The van der Waals surface area contributed by atoms with Crippen molar-refractivity contribution in [2.75, 3.05) is 18.1 Å². The van der Waals surface area contributed by atoms with Crippen molar-refractivity contribution in [3.63, 3.8) is 0 Å². The van der Waals surface area contributed by atoms with Gasteiger partial charge in [-0.2, -0.15) is 0 Å². The van der Waals surface area contributed by atoms with Gasteiger partial charge in [0.1, 0.15) is 0 Å². The van der Waals surface area contributed by atoms with Crippen LogP contribution in [0.15, 0.2) is 34.9 Å². The number of halogens is 1. The van der Waals surface area contributed by atoms with Crippen molar-refractivity contribution in [1.82, 2.24) is 10.2 Å². The molecule has 1 N–H and O–H groups in total. The van der Waals surface area contributed by atoms with Gasteiger partial charge in [0.15, 0.2) is 9.84 Å². The normalized spacial score (nSPS) is 20.2. The molecule has 1 heterocycles. The van der Waals surface area contributed by atoms with Crippen molar-refractivity contribution in [3.8, 4) is 0 Å². The zero-order valence-corrected chi connectivity index (χ0v) is 14.7. The van der Waals surface area contributed by atoms with Gasteiger partial charge in [-0.3, -0.25) is 0 Å². The highest BCUT2D eigenvalue weighted by Crippen LogP contribution is 2.18. The van der Waals surface area contributed by atoms with E-state index < -0.39 is 9.84 Å². The maximum atomic E-state index is 12.2. The summed E-state index contributed by atoms with van der Waals surface area (Å²) in [6, 6.07) is 7.17. The van der Waals surface area contributed by atoms with Crippen LogP contribution in [0, 0.1) is 0 Å². The number of nitrogens with zero attached hydrogens (tertiary/aromatic N) is 1. The Labute approximate surface area is 139 Å². The molecule has 1 aliphatic rings. The number of urea groups is 1. The molecule has 0 spiro atoms. The first-order valence-corrected chi connectivity index (χ1v) is 9.73. The summed E-state index contributed by atoms with van der Waals surface area (Å²) in [4.78, 5) is 13.8. The van der Waals surface area contributed by atoms with E-state index in [-0.39, 0.29) is 23.6 Å². The summed E-state index contributed by atoms with van der Waals surface area (Å²) in [7, 11) is -3.00. The number of sulfone groups is 1. The van der Waals surface area contributed by atoms with Crippen molar-refractivity contribution in [1.29, 1.82) is 0 Å². The summed E-state index contributed by atoms with van der Waals surface area (Å²) in [5.74, 6) is 0.219. The lowest BCUT2D eigenvalue weighted by molar-refractivity contribution is 0.187. The number of hydrogen-bond acceptors (Lipinski definition) is 3. The van der Waals surface area contributed by atoms with E-state index in [4.69, 9.17) is 0 Å². The molecule has 0 saturated carbocycles. The largest absolute Gasteiger partial charge is 0.321 e. The number of nitrogens with one attached hydrogen (secondary N) is 1. The number of hydrogen-bond donors (Lipinski definition) is 1. The van der Waals surface area contributed by atoms with Gasteiger partial charge in [0.2, 0.25) is 0 Å². The van der Waals surface area contributed by atoms with Crippen LogP contribution in [0.25, 0.3) is 6.08 Å². The van der Waals surface area contributed by atoms with Crippen LogP contribution in [-0.4, -0.2) is 43.4 Å². The molecule has 0 radical (unpaired) electrons. The molecule has 0 aromatic heterocycles. The fourth-order valence-corrected chi connectivity index (χ4v) is 4.63. The van der Waals surface area contributed by atoms with Crippen molar-refractivity contribution < 1.29 is 13.2 Å². The molecule has 1 unspecified atom stereocenters. The van der Waals surface area contributed by atoms with Gasteiger partial charge in [0.05, 0.1) is 11.5 Å². The van der Waals surface area contributed by atoms with Crippen LogP contribution >= 0.6 is 15.9 Å². The standard InChI is InChI=1S/C15H19BrN2O3S/c1-2-18(13-8-10-22(20,21)11-13)15(19)17-9-7-12-5-3-4-6-14(12)16/h3-7,9,13H,2,8,10-11H2,1H3,(H,17,19)/b9-7+. The second kappa shape index (κ2) is 7.28. The van der Waals surface area contributed by atoms with Crippen LogP contribution in [0.5, 0.6) is 0 Å². The zero-order valence-electron chi connectivity index (χ0n) is 12.3. The van der Waals surface area contributed by atoms with Gasteiger partial charge in [-0.05, 0) is 31.1 Å². The van der Waals surface area contributed by atoms with Gasteiger partial charge in [0.25, 0.3) is 0 Å². The van der Waals surface area contributed by atoms with E-state index >= 15 is 0 Å².